The molecule has 18 heavy (non-hydrogen) atoms. The molecule has 0 aliphatic rings. The smallest absolute Gasteiger partial charge is 0.253 e. The van der Waals surface area contributed by atoms with Crippen molar-refractivity contribution in [3.63, 3.8) is 0 Å². The molecule has 0 saturated carbocycles. The molecule has 0 fully saturated rings. The van der Waals surface area contributed by atoms with Crippen molar-refractivity contribution in [1.29, 1.82) is 0 Å². The Morgan fingerprint density at radius 1 is 1.44 bits per heavy atom. The highest BCUT2D eigenvalue weighted by molar-refractivity contribution is 5.99. The molecule has 100 valence electrons. The largest absolute Gasteiger partial charge is 0.383 e. The summed E-state index contributed by atoms with van der Waals surface area (Å²) in [4.78, 5) is 16.3. The third-order valence-corrected chi connectivity index (χ3v) is 3.08. The molecule has 1 atom stereocenters. The van der Waals surface area contributed by atoms with Crippen molar-refractivity contribution in [2.75, 3.05) is 11.9 Å². The van der Waals surface area contributed by atoms with E-state index >= 15 is 0 Å². The second kappa shape index (κ2) is 5.85. The molecule has 4 nitrogen and oxygen atoms in total. The lowest BCUT2D eigenvalue weighted by molar-refractivity contribution is 0.0911. The zero-order chi connectivity index (χ0) is 13.8. The molecule has 1 rings (SSSR count). The minimum Gasteiger partial charge on any atom is -0.383 e. The van der Waals surface area contributed by atoms with Crippen molar-refractivity contribution in [2.24, 2.45) is 5.41 Å². The van der Waals surface area contributed by atoms with Crippen LogP contribution in [0.3, 0.4) is 0 Å². The van der Waals surface area contributed by atoms with Gasteiger partial charge in [-0.05, 0) is 25.3 Å². The molecule has 1 heterocycles. The molecule has 1 aromatic heterocycles. The Bertz CT molecular complexity index is 410. The van der Waals surface area contributed by atoms with Gasteiger partial charge in [0.05, 0.1) is 17.4 Å². The number of pyridine rings is 1. The molecule has 0 bridgehead atoms. The number of anilines is 1. The summed E-state index contributed by atoms with van der Waals surface area (Å²) >= 11 is 0. The van der Waals surface area contributed by atoms with E-state index in [1.807, 2.05) is 13.8 Å². The van der Waals surface area contributed by atoms with Gasteiger partial charge in [-0.15, -0.1) is 0 Å². The second-order valence-corrected chi connectivity index (χ2v) is 5.51. The fourth-order valence-electron chi connectivity index (χ4n) is 1.41. The summed E-state index contributed by atoms with van der Waals surface area (Å²) in [6.45, 7) is 11.1. The predicted molar refractivity (Wildman–Crippen MR) is 74.8 cm³/mol. The lowest BCUT2D eigenvalue weighted by Crippen LogP contribution is -2.41. The highest BCUT2D eigenvalue weighted by Gasteiger charge is 2.23. The molecule has 0 spiro atoms. The van der Waals surface area contributed by atoms with Gasteiger partial charge in [-0.3, -0.25) is 9.78 Å². The van der Waals surface area contributed by atoms with E-state index in [1.165, 1.54) is 0 Å². The van der Waals surface area contributed by atoms with Gasteiger partial charge in [-0.1, -0.05) is 20.8 Å². The first kappa shape index (κ1) is 14.5. The van der Waals surface area contributed by atoms with Crippen LogP contribution in [0.15, 0.2) is 18.5 Å². The second-order valence-electron chi connectivity index (χ2n) is 5.51. The van der Waals surface area contributed by atoms with Crippen molar-refractivity contribution in [2.45, 2.75) is 40.7 Å². The number of carbonyl (C=O) groups excluding carboxylic acids is 1. The van der Waals surface area contributed by atoms with Gasteiger partial charge in [0.25, 0.3) is 5.91 Å². The summed E-state index contributed by atoms with van der Waals surface area (Å²) in [6.07, 6.45) is 3.32. The fourth-order valence-corrected chi connectivity index (χ4v) is 1.41. The van der Waals surface area contributed by atoms with E-state index in [9.17, 15) is 4.79 Å². The molecule has 0 aliphatic heterocycles. The van der Waals surface area contributed by atoms with Gasteiger partial charge in [-0.25, -0.2) is 0 Å². The van der Waals surface area contributed by atoms with Crippen LogP contribution in [0.4, 0.5) is 5.69 Å². The van der Waals surface area contributed by atoms with Crippen LogP contribution < -0.4 is 10.6 Å². The van der Waals surface area contributed by atoms with Crippen molar-refractivity contribution in [3.05, 3.63) is 24.0 Å². The maximum atomic E-state index is 12.2. The van der Waals surface area contributed by atoms with Crippen LogP contribution in [-0.2, 0) is 0 Å². The van der Waals surface area contributed by atoms with E-state index in [0.717, 1.165) is 12.2 Å². The van der Waals surface area contributed by atoms with Crippen LogP contribution >= 0.6 is 0 Å². The highest BCUT2D eigenvalue weighted by Crippen LogP contribution is 2.20. The normalized spacial score (nSPS) is 12.9. The molecule has 0 saturated heterocycles. The maximum Gasteiger partial charge on any atom is 0.253 e. The molecule has 0 aromatic carbocycles. The molecule has 0 radical (unpaired) electrons. The molecule has 4 heteroatoms. The van der Waals surface area contributed by atoms with Crippen LogP contribution in [0.25, 0.3) is 0 Å². The SMILES string of the molecule is CCNc1cnccc1C(=O)NC(C)C(C)(C)C. The number of rotatable bonds is 4. The Morgan fingerprint density at radius 3 is 2.67 bits per heavy atom. The highest BCUT2D eigenvalue weighted by atomic mass is 16.1. The monoisotopic (exact) mass is 249 g/mol. The van der Waals surface area contributed by atoms with E-state index in [4.69, 9.17) is 0 Å². The van der Waals surface area contributed by atoms with Gasteiger partial charge in [0.15, 0.2) is 0 Å². The van der Waals surface area contributed by atoms with Gasteiger partial charge in [0, 0.05) is 18.8 Å². The number of nitrogens with zero attached hydrogens (tertiary/aromatic N) is 1. The van der Waals surface area contributed by atoms with Crippen LogP contribution in [0, 0.1) is 5.41 Å². The summed E-state index contributed by atoms with van der Waals surface area (Å²) in [6, 6.07) is 1.84. The first-order valence-corrected chi connectivity index (χ1v) is 6.35. The first-order valence-electron chi connectivity index (χ1n) is 6.35. The Kier molecular flexibility index (Phi) is 4.70. The number of nitrogens with one attached hydrogen (secondary N) is 2. The van der Waals surface area contributed by atoms with E-state index in [2.05, 4.69) is 36.4 Å². The van der Waals surface area contributed by atoms with E-state index in [0.29, 0.717) is 5.56 Å². The summed E-state index contributed by atoms with van der Waals surface area (Å²) in [5.41, 5.74) is 1.46. The molecule has 1 unspecified atom stereocenters. The number of aromatic nitrogens is 1. The van der Waals surface area contributed by atoms with Crippen LogP contribution in [0.5, 0.6) is 0 Å². The Hall–Kier alpha value is -1.58. The predicted octanol–water partition coefficient (Wildman–Crippen LogP) is 2.68. The third kappa shape index (κ3) is 3.72. The van der Waals surface area contributed by atoms with E-state index < -0.39 is 0 Å². The summed E-state index contributed by atoms with van der Waals surface area (Å²) in [7, 11) is 0. The number of hydrogen-bond acceptors (Lipinski definition) is 3. The molecule has 0 aliphatic carbocycles. The topological polar surface area (TPSA) is 54.0 Å². The molecule has 2 N–H and O–H groups in total. The third-order valence-electron chi connectivity index (χ3n) is 3.08. The lowest BCUT2D eigenvalue weighted by Gasteiger charge is -2.28. The van der Waals surface area contributed by atoms with Gasteiger partial charge >= 0.3 is 0 Å². The van der Waals surface area contributed by atoms with Gasteiger partial charge in [-0.2, -0.15) is 0 Å². The zero-order valence-corrected chi connectivity index (χ0v) is 11.9. The van der Waals surface area contributed by atoms with Gasteiger partial charge in [0.2, 0.25) is 0 Å². The Labute approximate surface area is 109 Å². The van der Waals surface area contributed by atoms with Crippen molar-refractivity contribution in [3.8, 4) is 0 Å². The fraction of sp³-hybridized carbons (Fsp3) is 0.571. The van der Waals surface area contributed by atoms with Crippen molar-refractivity contribution < 1.29 is 4.79 Å². The quantitative estimate of drug-likeness (QED) is 0.862. The maximum absolute atomic E-state index is 12.2. The standard InChI is InChI=1S/C14H23N3O/c1-6-16-12-9-15-8-7-11(12)13(18)17-10(2)14(3,4)5/h7-10,16H,6H2,1-5H3,(H,17,18). The van der Waals surface area contributed by atoms with Gasteiger partial charge < -0.3 is 10.6 Å². The van der Waals surface area contributed by atoms with E-state index in [-0.39, 0.29) is 17.4 Å². The molecular weight excluding hydrogens is 226 g/mol. The minimum absolute atomic E-state index is 0.0427. The average molecular weight is 249 g/mol. The summed E-state index contributed by atoms with van der Waals surface area (Å²) in [5.74, 6) is -0.0595. The number of carbonyl (C=O) groups is 1. The first-order chi connectivity index (χ1) is 8.36. The van der Waals surface area contributed by atoms with Gasteiger partial charge in [0.1, 0.15) is 0 Å². The van der Waals surface area contributed by atoms with Crippen LogP contribution in [0.2, 0.25) is 0 Å². The van der Waals surface area contributed by atoms with Crippen molar-refractivity contribution in [1.82, 2.24) is 10.3 Å². The van der Waals surface area contributed by atoms with Crippen LogP contribution in [0.1, 0.15) is 45.0 Å². The van der Waals surface area contributed by atoms with E-state index in [1.54, 1.807) is 18.5 Å². The number of hydrogen-bond donors (Lipinski definition) is 2. The molecule has 1 amide bonds. The minimum atomic E-state index is -0.0595. The summed E-state index contributed by atoms with van der Waals surface area (Å²) < 4.78 is 0. The molecular formula is C14H23N3O. The van der Waals surface area contributed by atoms with Crippen LogP contribution in [-0.4, -0.2) is 23.5 Å². The van der Waals surface area contributed by atoms with Crippen molar-refractivity contribution >= 4 is 11.6 Å². The zero-order valence-electron chi connectivity index (χ0n) is 11.9. The summed E-state index contributed by atoms with van der Waals surface area (Å²) in [5, 5.41) is 6.17. The number of amides is 1. The molecule has 1 aromatic rings. The average Bonchev–Trinajstić information content (AvgIpc) is 2.28. The lowest BCUT2D eigenvalue weighted by atomic mass is 9.88. The Balaban J connectivity index is 2.84. The Morgan fingerprint density at radius 2 is 2.11 bits per heavy atom.